The standard InChI is InChI=1S/C13H19N3OS/c1-11-8-14-6-7-16(11)13(17)10-18-9-12-4-2-3-5-15-12/h2-5,11,14H,6-10H2,1H3. The summed E-state index contributed by atoms with van der Waals surface area (Å²) < 4.78 is 0. The van der Waals surface area contributed by atoms with Gasteiger partial charge in [0, 0.05) is 37.6 Å². The molecule has 1 aromatic heterocycles. The number of pyridine rings is 1. The van der Waals surface area contributed by atoms with Crippen molar-refractivity contribution in [3.8, 4) is 0 Å². The molecule has 0 bridgehead atoms. The summed E-state index contributed by atoms with van der Waals surface area (Å²) in [6.45, 7) is 4.72. The summed E-state index contributed by atoms with van der Waals surface area (Å²) >= 11 is 1.64. The number of thioether (sulfide) groups is 1. The molecule has 0 saturated carbocycles. The summed E-state index contributed by atoms with van der Waals surface area (Å²) in [6, 6.07) is 6.18. The summed E-state index contributed by atoms with van der Waals surface area (Å²) in [7, 11) is 0. The van der Waals surface area contributed by atoms with Gasteiger partial charge in [-0.15, -0.1) is 11.8 Å². The van der Waals surface area contributed by atoms with Crippen LogP contribution in [0.4, 0.5) is 0 Å². The maximum Gasteiger partial charge on any atom is 0.232 e. The van der Waals surface area contributed by atoms with Crippen molar-refractivity contribution in [1.29, 1.82) is 0 Å². The van der Waals surface area contributed by atoms with Crippen molar-refractivity contribution in [2.75, 3.05) is 25.4 Å². The molecule has 1 saturated heterocycles. The molecule has 1 aromatic rings. The Labute approximate surface area is 112 Å². The fourth-order valence-corrected chi connectivity index (χ4v) is 2.84. The van der Waals surface area contributed by atoms with Gasteiger partial charge >= 0.3 is 0 Å². The van der Waals surface area contributed by atoms with Crippen molar-refractivity contribution in [2.45, 2.75) is 18.7 Å². The summed E-state index contributed by atoms with van der Waals surface area (Å²) in [5.74, 6) is 1.58. The number of nitrogens with one attached hydrogen (secondary N) is 1. The van der Waals surface area contributed by atoms with Crippen LogP contribution < -0.4 is 5.32 Å². The van der Waals surface area contributed by atoms with Crippen molar-refractivity contribution in [3.05, 3.63) is 30.1 Å². The first-order chi connectivity index (χ1) is 8.77. The lowest BCUT2D eigenvalue weighted by atomic mass is 10.2. The van der Waals surface area contributed by atoms with Crippen molar-refractivity contribution in [1.82, 2.24) is 15.2 Å². The number of amides is 1. The summed E-state index contributed by atoms with van der Waals surface area (Å²) in [6.07, 6.45) is 1.79. The molecule has 0 aliphatic carbocycles. The highest BCUT2D eigenvalue weighted by Gasteiger charge is 2.22. The minimum atomic E-state index is 0.241. The molecular weight excluding hydrogens is 246 g/mol. The normalized spacial score (nSPS) is 19.8. The third-order valence-corrected chi connectivity index (χ3v) is 3.97. The molecule has 1 unspecified atom stereocenters. The van der Waals surface area contributed by atoms with Gasteiger partial charge in [0.1, 0.15) is 0 Å². The number of nitrogens with zero attached hydrogens (tertiary/aromatic N) is 2. The van der Waals surface area contributed by atoms with Gasteiger partial charge in [-0.1, -0.05) is 6.07 Å². The van der Waals surface area contributed by atoms with Crippen LogP contribution in [-0.2, 0) is 10.5 Å². The Morgan fingerprint density at radius 3 is 3.22 bits per heavy atom. The molecule has 1 aliphatic heterocycles. The van der Waals surface area contributed by atoms with E-state index in [-0.39, 0.29) is 5.91 Å². The van der Waals surface area contributed by atoms with Crippen LogP contribution in [0.25, 0.3) is 0 Å². The first-order valence-corrected chi connectivity index (χ1v) is 7.40. The van der Waals surface area contributed by atoms with E-state index < -0.39 is 0 Å². The Morgan fingerprint density at radius 2 is 2.50 bits per heavy atom. The lowest BCUT2D eigenvalue weighted by molar-refractivity contribution is -0.131. The van der Waals surface area contributed by atoms with Gasteiger partial charge in [-0.05, 0) is 19.1 Å². The van der Waals surface area contributed by atoms with Gasteiger partial charge in [0.05, 0.1) is 11.4 Å². The lowest BCUT2D eigenvalue weighted by Gasteiger charge is -2.33. The average Bonchev–Trinajstić information content (AvgIpc) is 2.40. The Hall–Kier alpha value is -1.07. The van der Waals surface area contributed by atoms with Crippen LogP contribution >= 0.6 is 11.8 Å². The Balaban J connectivity index is 1.74. The molecule has 1 atom stereocenters. The number of aromatic nitrogens is 1. The van der Waals surface area contributed by atoms with Gasteiger partial charge < -0.3 is 10.2 Å². The molecular formula is C13H19N3OS. The Morgan fingerprint density at radius 1 is 1.61 bits per heavy atom. The number of rotatable bonds is 4. The number of hydrogen-bond donors (Lipinski definition) is 1. The van der Waals surface area contributed by atoms with Crippen molar-refractivity contribution in [2.24, 2.45) is 0 Å². The van der Waals surface area contributed by atoms with Crippen LogP contribution in [0.2, 0.25) is 0 Å². The highest BCUT2D eigenvalue weighted by atomic mass is 32.2. The SMILES string of the molecule is CC1CNCCN1C(=O)CSCc1ccccn1. The maximum atomic E-state index is 12.1. The van der Waals surface area contributed by atoms with Crippen molar-refractivity contribution in [3.63, 3.8) is 0 Å². The van der Waals surface area contributed by atoms with Gasteiger partial charge in [-0.2, -0.15) is 0 Å². The van der Waals surface area contributed by atoms with E-state index in [9.17, 15) is 4.79 Å². The van der Waals surface area contributed by atoms with Gasteiger partial charge in [-0.25, -0.2) is 0 Å². The number of hydrogen-bond acceptors (Lipinski definition) is 4. The van der Waals surface area contributed by atoms with E-state index >= 15 is 0 Å². The monoisotopic (exact) mass is 265 g/mol. The first-order valence-electron chi connectivity index (χ1n) is 6.25. The van der Waals surface area contributed by atoms with E-state index in [2.05, 4.69) is 17.2 Å². The van der Waals surface area contributed by atoms with E-state index in [1.807, 2.05) is 23.1 Å². The zero-order chi connectivity index (χ0) is 12.8. The van der Waals surface area contributed by atoms with Gasteiger partial charge in [-0.3, -0.25) is 9.78 Å². The average molecular weight is 265 g/mol. The topological polar surface area (TPSA) is 45.2 Å². The second kappa shape index (κ2) is 6.75. The van der Waals surface area contributed by atoms with E-state index in [1.165, 1.54) is 0 Å². The van der Waals surface area contributed by atoms with Crippen molar-refractivity contribution >= 4 is 17.7 Å². The number of piperazine rings is 1. The smallest absolute Gasteiger partial charge is 0.232 e. The molecule has 1 fully saturated rings. The predicted molar refractivity (Wildman–Crippen MR) is 74.4 cm³/mol. The highest BCUT2D eigenvalue weighted by molar-refractivity contribution is 7.99. The molecule has 2 rings (SSSR count). The predicted octanol–water partition coefficient (Wildman–Crippen LogP) is 1.14. The van der Waals surface area contributed by atoms with E-state index in [4.69, 9.17) is 0 Å². The quantitative estimate of drug-likeness (QED) is 0.886. The van der Waals surface area contributed by atoms with Crippen molar-refractivity contribution < 1.29 is 4.79 Å². The van der Waals surface area contributed by atoms with Crippen LogP contribution in [0.15, 0.2) is 24.4 Å². The van der Waals surface area contributed by atoms with Crippen LogP contribution in [0.5, 0.6) is 0 Å². The summed E-state index contributed by atoms with van der Waals surface area (Å²) in [5, 5.41) is 3.29. The Bertz CT molecular complexity index is 385. The largest absolute Gasteiger partial charge is 0.337 e. The van der Waals surface area contributed by atoms with E-state index in [0.29, 0.717) is 11.8 Å². The minimum absolute atomic E-state index is 0.241. The second-order valence-corrected chi connectivity index (χ2v) is 5.44. The first kappa shape index (κ1) is 13.4. The Kier molecular flexibility index (Phi) is 5.01. The molecule has 0 aromatic carbocycles. The molecule has 4 nitrogen and oxygen atoms in total. The van der Waals surface area contributed by atoms with E-state index in [1.54, 1.807) is 18.0 Å². The molecule has 18 heavy (non-hydrogen) atoms. The molecule has 0 spiro atoms. The van der Waals surface area contributed by atoms with Crippen LogP contribution in [-0.4, -0.2) is 47.2 Å². The molecule has 0 radical (unpaired) electrons. The van der Waals surface area contributed by atoms with Gasteiger partial charge in [0.15, 0.2) is 0 Å². The third-order valence-electron chi connectivity index (χ3n) is 3.02. The molecule has 98 valence electrons. The summed E-state index contributed by atoms with van der Waals surface area (Å²) in [5.41, 5.74) is 1.03. The molecule has 1 amide bonds. The maximum absolute atomic E-state index is 12.1. The second-order valence-electron chi connectivity index (χ2n) is 4.45. The minimum Gasteiger partial charge on any atom is -0.337 e. The van der Waals surface area contributed by atoms with E-state index in [0.717, 1.165) is 31.1 Å². The molecule has 5 heteroatoms. The van der Waals surface area contributed by atoms with Gasteiger partial charge in [0.25, 0.3) is 0 Å². The zero-order valence-corrected chi connectivity index (χ0v) is 11.4. The van der Waals surface area contributed by atoms with Crippen LogP contribution in [0.1, 0.15) is 12.6 Å². The number of carbonyl (C=O) groups is 1. The molecule has 2 heterocycles. The number of carbonyl (C=O) groups excluding carboxylic acids is 1. The fourth-order valence-electron chi connectivity index (χ4n) is 2.02. The zero-order valence-electron chi connectivity index (χ0n) is 10.6. The fraction of sp³-hybridized carbons (Fsp3) is 0.538. The molecule has 1 aliphatic rings. The van der Waals surface area contributed by atoms with Gasteiger partial charge in [0.2, 0.25) is 5.91 Å². The van der Waals surface area contributed by atoms with Crippen LogP contribution in [0, 0.1) is 0 Å². The third kappa shape index (κ3) is 3.71. The summed E-state index contributed by atoms with van der Waals surface area (Å²) in [4.78, 5) is 18.3. The van der Waals surface area contributed by atoms with Crippen LogP contribution in [0.3, 0.4) is 0 Å². The highest BCUT2D eigenvalue weighted by Crippen LogP contribution is 2.12. The lowest BCUT2D eigenvalue weighted by Crippen LogP contribution is -2.52. The molecule has 1 N–H and O–H groups in total.